The van der Waals surface area contributed by atoms with Crippen molar-refractivity contribution >= 4 is 23.0 Å². The van der Waals surface area contributed by atoms with Gasteiger partial charge in [-0.2, -0.15) is 4.98 Å². The molecule has 1 atom stereocenters. The molecule has 1 unspecified atom stereocenters. The molecule has 1 aliphatic rings. The Bertz CT molecular complexity index is 1150. The van der Waals surface area contributed by atoms with Crippen LogP contribution in [-0.2, 0) is 4.79 Å². The largest absolute Gasteiger partial charge is 0.484 e. The molecule has 3 aromatic carbocycles. The molecule has 162 valence electrons. The van der Waals surface area contributed by atoms with Crippen LogP contribution in [0.3, 0.4) is 0 Å². The first-order valence-electron chi connectivity index (χ1n) is 10.9. The minimum Gasteiger partial charge on any atom is -0.484 e. The molecule has 1 aliphatic heterocycles. The molecule has 0 aliphatic carbocycles. The van der Waals surface area contributed by atoms with Crippen molar-refractivity contribution in [3.05, 3.63) is 78.9 Å². The lowest BCUT2D eigenvalue weighted by Crippen LogP contribution is -2.41. The number of aromatic nitrogens is 1. The van der Waals surface area contributed by atoms with Crippen molar-refractivity contribution in [3.63, 3.8) is 0 Å². The maximum atomic E-state index is 12.4. The zero-order chi connectivity index (χ0) is 21.8. The second-order valence-corrected chi connectivity index (χ2v) is 7.94. The Hall–Kier alpha value is -3.80. The number of oxazole rings is 1. The normalized spacial score (nSPS) is 15.8. The smallest absolute Gasteiger partial charge is 0.298 e. The van der Waals surface area contributed by atoms with Gasteiger partial charge in [-0.15, -0.1) is 0 Å². The molecule has 6 nitrogen and oxygen atoms in total. The van der Waals surface area contributed by atoms with Crippen LogP contribution in [0, 0.1) is 0 Å². The van der Waals surface area contributed by atoms with Gasteiger partial charge in [-0.25, -0.2) is 0 Å². The number of benzene rings is 3. The second kappa shape index (κ2) is 9.14. The van der Waals surface area contributed by atoms with Gasteiger partial charge in [-0.1, -0.05) is 54.6 Å². The standard InChI is InChI=1S/C26H25N3O3/c30-25(18-31-22-14-12-20(13-15-22)19-7-2-1-3-8-19)27-17-21-9-6-16-29(21)26-28-23-10-4-5-11-24(23)32-26/h1-5,7-8,10-15,21H,6,9,16-18H2,(H,27,30). The van der Waals surface area contributed by atoms with Crippen molar-refractivity contribution in [1.82, 2.24) is 10.3 Å². The summed E-state index contributed by atoms with van der Waals surface area (Å²) in [5, 5.41) is 2.99. The second-order valence-electron chi connectivity index (χ2n) is 7.94. The minimum absolute atomic E-state index is 0.0136. The summed E-state index contributed by atoms with van der Waals surface area (Å²) in [5.41, 5.74) is 3.90. The highest BCUT2D eigenvalue weighted by molar-refractivity contribution is 5.78. The summed E-state index contributed by atoms with van der Waals surface area (Å²) >= 11 is 0. The van der Waals surface area contributed by atoms with Gasteiger partial charge >= 0.3 is 0 Å². The first kappa shape index (κ1) is 20.1. The monoisotopic (exact) mass is 427 g/mol. The van der Waals surface area contributed by atoms with Crippen molar-refractivity contribution < 1.29 is 13.9 Å². The molecule has 1 N–H and O–H groups in total. The Morgan fingerprint density at radius 2 is 1.75 bits per heavy atom. The van der Waals surface area contributed by atoms with Crippen molar-refractivity contribution in [1.29, 1.82) is 0 Å². The predicted molar refractivity (Wildman–Crippen MR) is 125 cm³/mol. The van der Waals surface area contributed by atoms with Gasteiger partial charge in [0.15, 0.2) is 12.2 Å². The highest BCUT2D eigenvalue weighted by Crippen LogP contribution is 2.28. The van der Waals surface area contributed by atoms with Crippen molar-refractivity contribution in [2.75, 3.05) is 24.6 Å². The summed E-state index contributed by atoms with van der Waals surface area (Å²) < 4.78 is 11.6. The number of para-hydroxylation sites is 2. The first-order chi connectivity index (χ1) is 15.8. The van der Waals surface area contributed by atoms with E-state index in [0.717, 1.165) is 41.6 Å². The van der Waals surface area contributed by atoms with E-state index in [-0.39, 0.29) is 18.6 Å². The van der Waals surface area contributed by atoms with Crippen LogP contribution in [0.15, 0.2) is 83.3 Å². The Balaban J connectivity index is 1.13. The van der Waals surface area contributed by atoms with Gasteiger partial charge in [0.05, 0.1) is 6.04 Å². The number of rotatable bonds is 7. The average Bonchev–Trinajstić information content (AvgIpc) is 3.49. The van der Waals surface area contributed by atoms with E-state index in [9.17, 15) is 4.79 Å². The number of amides is 1. The van der Waals surface area contributed by atoms with Crippen molar-refractivity contribution in [3.8, 4) is 16.9 Å². The fourth-order valence-electron chi connectivity index (χ4n) is 4.09. The number of nitrogens with zero attached hydrogens (tertiary/aromatic N) is 2. The van der Waals surface area contributed by atoms with Crippen LogP contribution in [0.4, 0.5) is 6.01 Å². The lowest BCUT2D eigenvalue weighted by atomic mass is 10.1. The third-order valence-corrected chi connectivity index (χ3v) is 5.77. The quantitative estimate of drug-likeness (QED) is 0.465. The van der Waals surface area contributed by atoms with Crippen LogP contribution < -0.4 is 15.0 Å². The van der Waals surface area contributed by atoms with Crippen LogP contribution in [0.1, 0.15) is 12.8 Å². The molecular formula is C26H25N3O3. The lowest BCUT2D eigenvalue weighted by molar-refractivity contribution is -0.123. The van der Waals surface area contributed by atoms with E-state index in [1.807, 2.05) is 66.7 Å². The topological polar surface area (TPSA) is 67.6 Å². The first-order valence-corrected chi connectivity index (χ1v) is 10.9. The van der Waals surface area contributed by atoms with Crippen LogP contribution >= 0.6 is 0 Å². The van der Waals surface area contributed by atoms with Crippen LogP contribution in [0.5, 0.6) is 5.75 Å². The van der Waals surface area contributed by atoms with Gasteiger partial charge in [0.25, 0.3) is 11.9 Å². The number of hydrogen-bond donors (Lipinski definition) is 1. The number of nitrogens with one attached hydrogen (secondary N) is 1. The molecule has 0 bridgehead atoms. The highest BCUT2D eigenvalue weighted by atomic mass is 16.5. The van der Waals surface area contributed by atoms with Gasteiger partial charge in [-0.05, 0) is 48.2 Å². The summed E-state index contributed by atoms with van der Waals surface area (Å²) in [6.45, 7) is 1.39. The lowest BCUT2D eigenvalue weighted by Gasteiger charge is -2.23. The summed E-state index contributed by atoms with van der Waals surface area (Å²) in [7, 11) is 0. The third kappa shape index (κ3) is 4.44. The Kier molecular flexibility index (Phi) is 5.75. The molecule has 6 heteroatoms. The molecule has 5 rings (SSSR count). The summed E-state index contributed by atoms with van der Waals surface area (Å²) in [6, 6.07) is 26.5. The fourth-order valence-corrected chi connectivity index (χ4v) is 4.09. The van der Waals surface area contributed by atoms with Gasteiger partial charge in [-0.3, -0.25) is 4.79 Å². The number of hydrogen-bond acceptors (Lipinski definition) is 5. The molecular weight excluding hydrogens is 402 g/mol. The van der Waals surface area contributed by atoms with E-state index in [4.69, 9.17) is 9.15 Å². The molecule has 4 aromatic rings. The SMILES string of the molecule is O=C(COc1ccc(-c2ccccc2)cc1)NCC1CCCN1c1nc2ccccc2o1. The summed E-state index contributed by atoms with van der Waals surface area (Å²) in [4.78, 5) is 19.1. The van der Waals surface area contributed by atoms with E-state index in [0.29, 0.717) is 18.3 Å². The summed E-state index contributed by atoms with van der Waals surface area (Å²) in [5.74, 6) is 0.537. The number of ether oxygens (including phenoxy) is 1. The van der Waals surface area contributed by atoms with E-state index in [1.54, 1.807) is 0 Å². The van der Waals surface area contributed by atoms with E-state index in [2.05, 4.69) is 27.3 Å². The van der Waals surface area contributed by atoms with E-state index >= 15 is 0 Å². The van der Waals surface area contributed by atoms with Gasteiger partial charge < -0.3 is 19.4 Å². The Morgan fingerprint density at radius 3 is 2.56 bits per heavy atom. The minimum atomic E-state index is -0.137. The number of fused-ring (bicyclic) bond motifs is 1. The average molecular weight is 428 g/mol. The molecule has 32 heavy (non-hydrogen) atoms. The van der Waals surface area contributed by atoms with Gasteiger partial charge in [0.1, 0.15) is 11.3 Å². The van der Waals surface area contributed by atoms with E-state index < -0.39 is 0 Å². The molecule has 1 fully saturated rings. The number of anilines is 1. The maximum absolute atomic E-state index is 12.4. The van der Waals surface area contributed by atoms with Crippen molar-refractivity contribution in [2.24, 2.45) is 0 Å². The van der Waals surface area contributed by atoms with E-state index in [1.165, 1.54) is 0 Å². The fraction of sp³-hybridized carbons (Fsp3) is 0.231. The van der Waals surface area contributed by atoms with Gasteiger partial charge in [0.2, 0.25) is 0 Å². The molecule has 1 aromatic heterocycles. The van der Waals surface area contributed by atoms with Crippen LogP contribution in [-0.4, -0.2) is 36.6 Å². The van der Waals surface area contributed by atoms with Crippen LogP contribution in [0.25, 0.3) is 22.2 Å². The highest BCUT2D eigenvalue weighted by Gasteiger charge is 2.28. The molecule has 0 saturated carbocycles. The van der Waals surface area contributed by atoms with Crippen LogP contribution in [0.2, 0.25) is 0 Å². The molecule has 1 amide bonds. The molecule has 0 radical (unpaired) electrons. The molecule has 0 spiro atoms. The Morgan fingerprint density at radius 1 is 1.00 bits per heavy atom. The number of carbonyl (C=O) groups is 1. The third-order valence-electron chi connectivity index (χ3n) is 5.77. The predicted octanol–water partition coefficient (Wildman–Crippen LogP) is 4.66. The Labute approximate surface area is 186 Å². The maximum Gasteiger partial charge on any atom is 0.298 e. The number of carbonyl (C=O) groups excluding carboxylic acids is 1. The zero-order valence-corrected chi connectivity index (χ0v) is 17.7. The summed E-state index contributed by atoms with van der Waals surface area (Å²) in [6.07, 6.45) is 2.03. The zero-order valence-electron chi connectivity index (χ0n) is 17.7. The van der Waals surface area contributed by atoms with Crippen molar-refractivity contribution in [2.45, 2.75) is 18.9 Å². The molecule has 1 saturated heterocycles. The molecule has 2 heterocycles. The van der Waals surface area contributed by atoms with Gasteiger partial charge in [0, 0.05) is 13.1 Å².